The fourth-order valence-electron chi connectivity index (χ4n) is 2.21. The van der Waals surface area contributed by atoms with Crippen LogP contribution in [0.1, 0.15) is 15.4 Å². The number of anilines is 1. The van der Waals surface area contributed by atoms with Crippen molar-refractivity contribution in [3.05, 3.63) is 39.7 Å². The van der Waals surface area contributed by atoms with Gasteiger partial charge in [-0.3, -0.25) is 10.1 Å². The maximum Gasteiger partial charge on any atom is 0.153 e. The molecule has 0 radical (unpaired) electrons. The summed E-state index contributed by atoms with van der Waals surface area (Å²) < 4.78 is 0. The molecule has 2 aromatic heterocycles. The van der Waals surface area contributed by atoms with Gasteiger partial charge in [0.15, 0.2) is 5.82 Å². The van der Waals surface area contributed by atoms with Gasteiger partial charge in [0.1, 0.15) is 5.84 Å². The number of aromatic amines is 1. The van der Waals surface area contributed by atoms with Gasteiger partial charge in [0, 0.05) is 21.5 Å². The number of nitriles is 1. The highest BCUT2D eigenvalue weighted by Gasteiger charge is 2.21. The number of aliphatic imine (C=N–C) groups is 1. The van der Waals surface area contributed by atoms with Crippen LogP contribution < -0.4 is 5.32 Å². The van der Waals surface area contributed by atoms with Crippen LogP contribution in [-0.2, 0) is 0 Å². The molecule has 6 heteroatoms. The average Bonchev–Trinajstić information content (AvgIpc) is 3.07. The number of nitrogens with one attached hydrogen (secondary N) is 2. The van der Waals surface area contributed by atoms with Gasteiger partial charge in [0.2, 0.25) is 0 Å². The molecular weight excluding hydrogens is 282 g/mol. The van der Waals surface area contributed by atoms with Crippen LogP contribution >= 0.6 is 11.3 Å². The van der Waals surface area contributed by atoms with Crippen molar-refractivity contribution in [2.75, 3.05) is 11.9 Å². The quantitative estimate of drug-likeness (QED) is 0.894. The van der Waals surface area contributed by atoms with Crippen LogP contribution in [0.5, 0.6) is 0 Å². The van der Waals surface area contributed by atoms with Crippen molar-refractivity contribution in [2.24, 2.45) is 10.9 Å². The lowest BCUT2D eigenvalue weighted by Crippen LogP contribution is -2.19. The van der Waals surface area contributed by atoms with Gasteiger partial charge in [-0.05, 0) is 37.6 Å². The first-order chi connectivity index (χ1) is 10.2. The van der Waals surface area contributed by atoms with Crippen LogP contribution in [0.2, 0.25) is 0 Å². The fraction of sp³-hybridized carbons (Fsp3) is 0.267. The van der Waals surface area contributed by atoms with Gasteiger partial charge in [-0.15, -0.1) is 11.3 Å². The number of nitrogens with zero attached hydrogens (tertiary/aromatic N) is 3. The number of dihydropyridines is 1. The first-order valence-electron chi connectivity index (χ1n) is 6.67. The fourth-order valence-corrected chi connectivity index (χ4v) is 3.15. The van der Waals surface area contributed by atoms with E-state index in [1.54, 1.807) is 11.3 Å². The topological polar surface area (TPSA) is 76.9 Å². The van der Waals surface area contributed by atoms with Gasteiger partial charge >= 0.3 is 0 Å². The molecule has 2 N–H and O–H groups in total. The van der Waals surface area contributed by atoms with Crippen LogP contribution in [0, 0.1) is 31.1 Å². The van der Waals surface area contributed by atoms with E-state index in [1.807, 2.05) is 19.1 Å². The van der Waals surface area contributed by atoms with Crippen LogP contribution in [0.25, 0.3) is 5.57 Å². The van der Waals surface area contributed by atoms with E-state index in [-0.39, 0.29) is 5.92 Å². The zero-order chi connectivity index (χ0) is 14.8. The molecule has 1 unspecified atom stereocenters. The molecule has 3 heterocycles. The summed E-state index contributed by atoms with van der Waals surface area (Å²) in [7, 11) is 0. The Hall–Kier alpha value is -2.39. The van der Waals surface area contributed by atoms with E-state index in [9.17, 15) is 5.26 Å². The predicted molar refractivity (Wildman–Crippen MR) is 85.4 cm³/mol. The van der Waals surface area contributed by atoms with E-state index < -0.39 is 0 Å². The summed E-state index contributed by atoms with van der Waals surface area (Å²) in [5.74, 6) is 1.29. The first kappa shape index (κ1) is 13.6. The largest absolute Gasteiger partial charge is 0.324 e. The van der Waals surface area contributed by atoms with Crippen molar-refractivity contribution >= 4 is 28.6 Å². The van der Waals surface area contributed by atoms with E-state index in [0.29, 0.717) is 6.54 Å². The third-order valence-corrected chi connectivity index (χ3v) is 4.30. The Kier molecular flexibility index (Phi) is 3.59. The highest BCUT2D eigenvalue weighted by Crippen LogP contribution is 2.31. The normalized spacial score (nSPS) is 17.9. The molecule has 2 aromatic rings. The molecule has 0 bridgehead atoms. The van der Waals surface area contributed by atoms with Crippen LogP contribution in [-0.4, -0.2) is 22.6 Å². The SMILES string of the molecule is Cc1cc(NC2=NCC(C#N)C(c3ccc(C)s3)=C2)n[nH]1. The van der Waals surface area contributed by atoms with Gasteiger partial charge in [0.25, 0.3) is 0 Å². The van der Waals surface area contributed by atoms with Gasteiger partial charge in [0.05, 0.1) is 18.5 Å². The average molecular weight is 297 g/mol. The maximum absolute atomic E-state index is 9.32. The van der Waals surface area contributed by atoms with Crippen LogP contribution in [0.4, 0.5) is 5.82 Å². The van der Waals surface area contributed by atoms with E-state index in [0.717, 1.165) is 27.8 Å². The summed E-state index contributed by atoms with van der Waals surface area (Å²) in [5, 5.41) is 19.5. The summed E-state index contributed by atoms with van der Waals surface area (Å²) >= 11 is 1.70. The second kappa shape index (κ2) is 5.54. The highest BCUT2D eigenvalue weighted by atomic mass is 32.1. The molecular formula is C15H15N5S. The van der Waals surface area contributed by atoms with Crippen molar-refractivity contribution < 1.29 is 0 Å². The molecule has 0 aromatic carbocycles. The van der Waals surface area contributed by atoms with Crippen molar-refractivity contribution in [3.8, 4) is 6.07 Å². The Morgan fingerprint density at radius 1 is 1.43 bits per heavy atom. The summed E-state index contributed by atoms with van der Waals surface area (Å²) in [5.41, 5.74) is 2.02. The van der Waals surface area contributed by atoms with Crippen molar-refractivity contribution in [1.82, 2.24) is 10.2 Å². The third kappa shape index (κ3) is 2.88. The number of amidine groups is 1. The minimum Gasteiger partial charge on any atom is -0.324 e. The Morgan fingerprint density at radius 2 is 2.29 bits per heavy atom. The van der Waals surface area contributed by atoms with Crippen molar-refractivity contribution in [2.45, 2.75) is 13.8 Å². The number of thiophene rings is 1. The zero-order valence-electron chi connectivity index (χ0n) is 11.8. The maximum atomic E-state index is 9.32. The molecule has 0 saturated carbocycles. The molecule has 0 spiro atoms. The molecule has 106 valence electrons. The Bertz CT molecular complexity index is 759. The summed E-state index contributed by atoms with van der Waals surface area (Å²) in [6.45, 7) is 4.49. The minimum atomic E-state index is -0.186. The number of hydrogen-bond donors (Lipinski definition) is 2. The predicted octanol–water partition coefficient (Wildman–Crippen LogP) is 3.14. The standard InChI is InChI=1S/C15H15N5S/c1-9-5-15(20-19-9)18-14-6-12(11(7-16)8-17-14)13-4-3-10(2)21-13/h3-6,11H,8H2,1-2H3,(H2,17,18,19,20). The molecule has 21 heavy (non-hydrogen) atoms. The summed E-state index contributed by atoms with van der Waals surface area (Å²) in [6.07, 6.45) is 1.95. The molecule has 5 nitrogen and oxygen atoms in total. The molecule has 1 aliphatic rings. The van der Waals surface area contributed by atoms with Gasteiger partial charge in [-0.1, -0.05) is 0 Å². The van der Waals surface area contributed by atoms with E-state index in [2.05, 4.69) is 45.6 Å². The third-order valence-electron chi connectivity index (χ3n) is 3.25. The lowest BCUT2D eigenvalue weighted by Gasteiger charge is -2.17. The van der Waals surface area contributed by atoms with Crippen molar-refractivity contribution in [1.29, 1.82) is 5.26 Å². The zero-order valence-corrected chi connectivity index (χ0v) is 12.7. The smallest absolute Gasteiger partial charge is 0.153 e. The van der Waals surface area contributed by atoms with E-state index >= 15 is 0 Å². The summed E-state index contributed by atoms with van der Waals surface area (Å²) in [4.78, 5) is 6.80. The van der Waals surface area contributed by atoms with Crippen LogP contribution in [0.15, 0.2) is 29.3 Å². The molecule has 0 fully saturated rings. The monoisotopic (exact) mass is 297 g/mol. The van der Waals surface area contributed by atoms with E-state index in [1.165, 1.54) is 4.88 Å². The molecule has 3 rings (SSSR count). The molecule has 1 atom stereocenters. The first-order valence-corrected chi connectivity index (χ1v) is 7.49. The molecule has 0 amide bonds. The Labute approximate surface area is 127 Å². The number of aromatic nitrogens is 2. The lowest BCUT2D eigenvalue weighted by molar-refractivity contribution is 0.847. The second-order valence-electron chi connectivity index (χ2n) is 4.98. The Morgan fingerprint density at radius 3 is 2.90 bits per heavy atom. The number of aryl methyl sites for hydroxylation is 2. The number of rotatable bonds is 2. The molecule has 0 saturated heterocycles. The van der Waals surface area contributed by atoms with Crippen molar-refractivity contribution in [3.63, 3.8) is 0 Å². The van der Waals surface area contributed by atoms with E-state index in [4.69, 9.17) is 0 Å². The highest BCUT2D eigenvalue weighted by molar-refractivity contribution is 7.13. The minimum absolute atomic E-state index is 0.186. The lowest BCUT2D eigenvalue weighted by atomic mass is 9.96. The molecule has 1 aliphatic heterocycles. The second-order valence-corrected chi connectivity index (χ2v) is 6.27. The van der Waals surface area contributed by atoms with Gasteiger partial charge in [-0.25, -0.2) is 0 Å². The van der Waals surface area contributed by atoms with Gasteiger partial charge < -0.3 is 5.32 Å². The Balaban J connectivity index is 1.88. The number of hydrogen-bond acceptors (Lipinski definition) is 5. The molecule has 0 aliphatic carbocycles. The number of H-pyrrole nitrogens is 1. The summed E-state index contributed by atoms with van der Waals surface area (Å²) in [6, 6.07) is 8.39. The van der Waals surface area contributed by atoms with Gasteiger partial charge in [-0.2, -0.15) is 10.4 Å². The van der Waals surface area contributed by atoms with Crippen LogP contribution in [0.3, 0.4) is 0 Å².